The Kier molecular flexibility index (Phi) is 2.15. The molecule has 2 rings (SSSR count). The number of methoxy groups -OCH3 is 1. The van der Waals surface area contributed by atoms with E-state index < -0.39 is 0 Å². The molecule has 2 aromatic heterocycles. The minimum absolute atomic E-state index is 0.511. The van der Waals surface area contributed by atoms with Crippen LogP contribution in [0.5, 0.6) is 5.88 Å². The second-order valence-electron chi connectivity index (χ2n) is 3.29. The first-order chi connectivity index (χ1) is 7.17. The van der Waals surface area contributed by atoms with Gasteiger partial charge in [0.2, 0.25) is 5.88 Å². The molecule has 0 unspecified atom stereocenters. The lowest BCUT2D eigenvalue weighted by molar-refractivity contribution is 0.112. The second kappa shape index (κ2) is 3.34. The SMILES string of the molecule is COc1cc(C)nc2c(C=O)c(C)nn12. The first-order valence-corrected chi connectivity index (χ1v) is 4.53. The highest BCUT2D eigenvalue weighted by Crippen LogP contribution is 2.18. The summed E-state index contributed by atoms with van der Waals surface area (Å²) in [6, 6.07) is 1.77. The molecule has 0 aliphatic carbocycles. The van der Waals surface area contributed by atoms with E-state index in [2.05, 4.69) is 10.1 Å². The Bertz CT molecular complexity index is 531. The summed E-state index contributed by atoms with van der Waals surface area (Å²) in [6.45, 7) is 3.62. The summed E-state index contributed by atoms with van der Waals surface area (Å²) in [7, 11) is 1.56. The van der Waals surface area contributed by atoms with E-state index in [0.717, 1.165) is 12.0 Å². The largest absolute Gasteiger partial charge is 0.481 e. The van der Waals surface area contributed by atoms with E-state index >= 15 is 0 Å². The van der Waals surface area contributed by atoms with Crippen LogP contribution in [-0.2, 0) is 0 Å². The fraction of sp³-hybridized carbons (Fsp3) is 0.300. The molecule has 0 aromatic carbocycles. The fourth-order valence-electron chi connectivity index (χ4n) is 1.51. The Morgan fingerprint density at radius 1 is 1.47 bits per heavy atom. The summed E-state index contributed by atoms with van der Waals surface area (Å²) in [6.07, 6.45) is 0.767. The van der Waals surface area contributed by atoms with Gasteiger partial charge in [-0.3, -0.25) is 4.79 Å². The molecule has 5 heteroatoms. The van der Waals surface area contributed by atoms with Gasteiger partial charge in [0.05, 0.1) is 18.4 Å². The molecule has 0 saturated heterocycles. The molecule has 0 spiro atoms. The van der Waals surface area contributed by atoms with Crippen molar-refractivity contribution in [3.8, 4) is 5.88 Å². The van der Waals surface area contributed by atoms with E-state index in [1.165, 1.54) is 4.52 Å². The predicted octanol–water partition coefficient (Wildman–Crippen LogP) is 1.17. The zero-order valence-electron chi connectivity index (χ0n) is 8.81. The Morgan fingerprint density at radius 3 is 2.80 bits per heavy atom. The molecule has 5 nitrogen and oxygen atoms in total. The summed E-state index contributed by atoms with van der Waals surface area (Å²) in [4.78, 5) is 15.1. The molecule has 0 N–H and O–H groups in total. The van der Waals surface area contributed by atoms with Crippen LogP contribution in [0.2, 0.25) is 0 Å². The van der Waals surface area contributed by atoms with E-state index in [1.54, 1.807) is 20.1 Å². The maximum atomic E-state index is 10.9. The normalized spacial score (nSPS) is 10.6. The summed E-state index contributed by atoms with van der Waals surface area (Å²) in [5, 5.41) is 4.19. The van der Waals surface area contributed by atoms with Crippen LogP contribution in [0.15, 0.2) is 6.07 Å². The minimum Gasteiger partial charge on any atom is -0.481 e. The molecule has 0 aliphatic heterocycles. The van der Waals surface area contributed by atoms with Gasteiger partial charge in [0, 0.05) is 11.8 Å². The number of ether oxygens (including phenoxy) is 1. The number of fused-ring (bicyclic) bond motifs is 1. The molecule has 0 radical (unpaired) electrons. The monoisotopic (exact) mass is 205 g/mol. The summed E-state index contributed by atoms with van der Waals surface area (Å²) < 4.78 is 6.70. The van der Waals surface area contributed by atoms with E-state index in [0.29, 0.717) is 22.8 Å². The predicted molar refractivity (Wildman–Crippen MR) is 54.4 cm³/mol. The van der Waals surface area contributed by atoms with Crippen molar-refractivity contribution in [2.24, 2.45) is 0 Å². The number of hydrogen-bond donors (Lipinski definition) is 0. The lowest BCUT2D eigenvalue weighted by Gasteiger charge is -2.03. The van der Waals surface area contributed by atoms with E-state index in [9.17, 15) is 4.79 Å². The van der Waals surface area contributed by atoms with Gasteiger partial charge in [-0.1, -0.05) is 0 Å². The Labute approximate surface area is 86.7 Å². The van der Waals surface area contributed by atoms with Crippen molar-refractivity contribution >= 4 is 11.9 Å². The Morgan fingerprint density at radius 2 is 2.20 bits per heavy atom. The molecule has 78 valence electrons. The highest BCUT2D eigenvalue weighted by molar-refractivity contribution is 5.85. The van der Waals surface area contributed by atoms with Gasteiger partial charge in [-0.2, -0.15) is 9.61 Å². The van der Waals surface area contributed by atoms with Crippen molar-refractivity contribution in [2.75, 3.05) is 7.11 Å². The lowest BCUT2D eigenvalue weighted by atomic mass is 10.3. The van der Waals surface area contributed by atoms with E-state index in [1.807, 2.05) is 6.92 Å². The third kappa shape index (κ3) is 1.36. The standard InChI is InChI=1S/C10H11N3O2/c1-6-4-9(15-3)13-10(11-6)8(5-14)7(2)12-13/h4-5H,1-3H3. The van der Waals surface area contributed by atoms with Crippen molar-refractivity contribution < 1.29 is 9.53 Å². The van der Waals surface area contributed by atoms with Crippen LogP contribution in [0, 0.1) is 13.8 Å². The first-order valence-electron chi connectivity index (χ1n) is 4.53. The van der Waals surface area contributed by atoms with Crippen LogP contribution in [0.1, 0.15) is 21.7 Å². The van der Waals surface area contributed by atoms with Crippen molar-refractivity contribution in [1.29, 1.82) is 0 Å². The number of carbonyl (C=O) groups is 1. The molecular weight excluding hydrogens is 194 g/mol. The maximum Gasteiger partial charge on any atom is 0.217 e. The third-order valence-corrected chi connectivity index (χ3v) is 2.23. The number of rotatable bonds is 2. The van der Waals surface area contributed by atoms with Crippen LogP contribution in [-0.4, -0.2) is 28.0 Å². The summed E-state index contributed by atoms with van der Waals surface area (Å²) >= 11 is 0. The highest BCUT2D eigenvalue weighted by Gasteiger charge is 2.13. The zero-order valence-corrected chi connectivity index (χ0v) is 8.81. The highest BCUT2D eigenvalue weighted by atomic mass is 16.5. The van der Waals surface area contributed by atoms with Crippen LogP contribution >= 0.6 is 0 Å². The summed E-state index contributed by atoms with van der Waals surface area (Å²) in [5.74, 6) is 0.578. The van der Waals surface area contributed by atoms with Gasteiger partial charge in [-0.25, -0.2) is 4.98 Å². The molecule has 0 aliphatic rings. The van der Waals surface area contributed by atoms with Gasteiger partial charge in [0.25, 0.3) is 0 Å². The third-order valence-electron chi connectivity index (χ3n) is 2.23. The van der Waals surface area contributed by atoms with Crippen LogP contribution in [0.3, 0.4) is 0 Å². The van der Waals surface area contributed by atoms with Gasteiger partial charge >= 0.3 is 0 Å². The second-order valence-corrected chi connectivity index (χ2v) is 3.29. The van der Waals surface area contributed by atoms with Gasteiger partial charge < -0.3 is 4.74 Å². The number of aryl methyl sites for hydroxylation is 2. The van der Waals surface area contributed by atoms with Crippen LogP contribution in [0.25, 0.3) is 5.65 Å². The molecule has 2 heterocycles. The average molecular weight is 205 g/mol. The number of aromatic nitrogens is 3. The molecular formula is C10H11N3O2. The Hall–Kier alpha value is -1.91. The molecule has 0 atom stereocenters. The van der Waals surface area contributed by atoms with Gasteiger partial charge in [0.15, 0.2) is 11.9 Å². The minimum atomic E-state index is 0.511. The van der Waals surface area contributed by atoms with Crippen LogP contribution in [0.4, 0.5) is 0 Å². The molecule has 0 bridgehead atoms. The quantitative estimate of drug-likeness (QED) is 0.690. The number of hydrogen-bond acceptors (Lipinski definition) is 4. The van der Waals surface area contributed by atoms with Crippen LogP contribution < -0.4 is 4.74 Å². The van der Waals surface area contributed by atoms with Gasteiger partial charge in [-0.05, 0) is 13.8 Å². The molecule has 0 amide bonds. The van der Waals surface area contributed by atoms with Gasteiger partial charge in [0.1, 0.15) is 0 Å². The van der Waals surface area contributed by atoms with E-state index in [-0.39, 0.29) is 0 Å². The molecule has 0 saturated carbocycles. The molecule has 2 aromatic rings. The van der Waals surface area contributed by atoms with Crippen molar-refractivity contribution in [2.45, 2.75) is 13.8 Å². The van der Waals surface area contributed by atoms with Gasteiger partial charge in [-0.15, -0.1) is 0 Å². The molecule has 0 fully saturated rings. The maximum absolute atomic E-state index is 10.9. The first kappa shape index (κ1) is 9.64. The fourth-order valence-corrected chi connectivity index (χ4v) is 1.51. The van der Waals surface area contributed by atoms with Crippen molar-refractivity contribution in [3.63, 3.8) is 0 Å². The topological polar surface area (TPSA) is 56.5 Å². The van der Waals surface area contributed by atoms with Crippen molar-refractivity contribution in [1.82, 2.24) is 14.6 Å². The molecule has 15 heavy (non-hydrogen) atoms. The summed E-state index contributed by atoms with van der Waals surface area (Å²) in [5.41, 5.74) is 2.50. The Balaban J connectivity index is 2.89. The number of aldehydes is 1. The smallest absolute Gasteiger partial charge is 0.217 e. The number of carbonyl (C=O) groups excluding carboxylic acids is 1. The van der Waals surface area contributed by atoms with E-state index in [4.69, 9.17) is 4.74 Å². The van der Waals surface area contributed by atoms with Crippen molar-refractivity contribution in [3.05, 3.63) is 23.0 Å². The number of nitrogens with zero attached hydrogens (tertiary/aromatic N) is 3. The zero-order chi connectivity index (χ0) is 11.0. The average Bonchev–Trinajstić information content (AvgIpc) is 2.52. The lowest BCUT2D eigenvalue weighted by Crippen LogP contribution is -1.99.